The summed E-state index contributed by atoms with van der Waals surface area (Å²) in [4.78, 5) is 28.8. The van der Waals surface area contributed by atoms with E-state index in [0.29, 0.717) is 44.8 Å². The SMILES string of the molecule is N#CC1C[C@H]1C(=O)Nc1cc2cc(-n3c(=O)oc4ccccc43)cc(Cl)c2cn1. The third-order valence-corrected chi connectivity index (χ3v) is 5.37. The molecule has 2 heterocycles. The van der Waals surface area contributed by atoms with Crippen LogP contribution in [-0.4, -0.2) is 15.5 Å². The molecule has 8 heteroatoms. The van der Waals surface area contributed by atoms with Crippen LogP contribution in [0.1, 0.15) is 6.42 Å². The molecule has 2 aromatic heterocycles. The van der Waals surface area contributed by atoms with Crippen LogP contribution >= 0.6 is 11.6 Å². The van der Waals surface area contributed by atoms with Gasteiger partial charge in [-0.15, -0.1) is 0 Å². The highest BCUT2D eigenvalue weighted by Gasteiger charge is 2.43. The van der Waals surface area contributed by atoms with Gasteiger partial charge in [0.1, 0.15) is 5.82 Å². The molecule has 2 atom stereocenters. The van der Waals surface area contributed by atoms with E-state index >= 15 is 0 Å². The summed E-state index contributed by atoms with van der Waals surface area (Å²) in [5.74, 6) is -0.882. The van der Waals surface area contributed by atoms with Crippen LogP contribution in [0.15, 0.2) is 57.9 Å². The van der Waals surface area contributed by atoms with Gasteiger partial charge in [-0.05, 0) is 42.1 Å². The van der Waals surface area contributed by atoms with Gasteiger partial charge < -0.3 is 9.73 Å². The van der Waals surface area contributed by atoms with Gasteiger partial charge >= 0.3 is 5.76 Å². The molecular formula is C21H13ClN4O3. The summed E-state index contributed by atoms with van der Waals surface area (Å²) >= 11 is 6.43. The first kappa shape index (κ1) is 17.5. The minimum atomic E-state index is -0.513. The molecule has 0 spiro atoms. The van der Waals surface area contributed by atoms with Gasteiger partial charge in [0.05, 0.1) is 34.1 Å². The first-order chi connectivity index (χ1) is 14.0. The Kier molecular flexibility index (Phi) is 3.89. The number of carbonyl (C=O) groups excluding carboxylic acids is 1. The fraction of sp³-hybridized carbons (Fsp3) is 0.143. The molecular weight excluding hydrogens is 392 g/mol. The molecule has 1 amide bonds. The Morgan fingerprint density at radius 2 is 2.14 bits per heavy atom. The van der Waals surface area contributed by atoms with Crippen molar-refractivity contribution in [3.8, 4) is 11.8 Å². The fourth-order valence-corrected chi connectivity index (χ4v) is 3.72. The Morgan fingerprint density at radius 1 is 1.31 bits per heavy atom. The lowest BCUT2D eigenvalue weighted by atomic mass is 10.1. The minimum Gasteiger partial charge on any atom is -0.407 e. The van der Waals surface area contributed by atoms with Crippen molar-refractivity contribution >= 4 is 45.2 Å². The second-order valence-electron chi connectivity index (χ2n) is 6.96. The first-order valence-corrected chi connectivity index (χ1v) is 9.33. The third kappa shape index (κ3) is 2.94. The predicted molar refractivity (Wildman–Crippen MR) is 108 cm³/mol. The lowest BCUT2D eigenvalue weighted by Crippen LogP contribution is -2.15. The topological polar surface area (TPSA) is 101 Å². The molecule has 7 nitrogen and oxygen atoms in total. The van der Waals surface area contributed by atoms with E-state index in [1.54, 1.807) is 42.6 Å². The second-order valence-corrected chi connectivity index (χ2v) is 7.36. The molecule has 0 bridgehead atoms. The molecule has 1 aliphatic rings. The Morgan fingerprint density at radius 3 is 2.93 bits per heavy atom. The number of halogens is 1. The monoisotopic (exact) mass is 404 g/mol. The summed E-state index contributed by atoms with van der Waals surface area (Å²) in [5, 5.41) is 13.5. The van der Waals surface area contributed by atoms with Crippen molar-refractivity contribution in [3.05, 3.63) is 64.2 Å². The number of pyridine rings is 1. The Balaban J connectivity index is 1.58. The largest absolute Gasteiger partial charge is 0.424 e. The summed E-state index contributed by atoms with van der Waals surface area (Å²) in [6.07, 6.45) is 2.14. The maximum atomic E-state index is 12.4. The molecule has 0 saturated heterocycles. The number of benzene rings is 2. The van der Waals surface area contributed by atoms with Gasteiger partial charge in [-0.2, -0.15) is 5.26 Å². The summed E-state index contributed by atoms with van der Waals surface area (Å²) in [6.45, 7) is 0. The maximum absolute atomic E-state index is 12.4. The van der Waals surface area contributed by atoms with Crippen molar-refractivity contribution in [2.24, 2.45) is 11.8 Å². The fourth-order valence-electron chi connectivity index (χ4n) is 3.45. The van der Waals surface area contributed by atoms with Crippen molar-refractivity contribution in [1.82, 2.24) is 9.55 Å². The Hall–Kier alpha value is -3.63. The number of rotatable bonds is 3. The lowest BCUT2D eigenvalue weighted by molar-refractivity contribution is -0.117. The smallest absolute Gasteiger partial charge is 0.407 e. The zero-order valence-corrected chi connectivity index (χ0v) is 15.7. The number of hydrogen-bond donors (Lipinski definition) is 1. The zero-order valence-electron chi connectivity index (χ0n) is 14.9. The number of carbonyl (C=O) groups is 1. The molecule has 0 aliphatic heterocycles. The van der Waals surface area contributed by atoms with E-state index in [4.69, 9.17) is 21.3 Å². The number of fused-ring (bicyclic) bond motifs is 2. The number of nitrogens with one attached hydrogen (secondary N) is 1. The summed E-state index contributed by atoms with van der Waals surface area (Å²) in [6, 6.07) is 14.4. The van der Waals surface area contributed by atoms with Gasteiger partial charge in [0.15, 0.2) is 5.58 Å². The highest BCUT2D eigenvalue weighted by atomic mass is 35.5. The predicted octanol–water partition coefficient (Wildman–Crippen LogP) is 3.88. The van der Waals surface area contributed by atoms with Gasteiger partial charge in [0.2, 0.25) is 5.91 Å². The quantitative estimate of drug-likeness (QED) is 0.558. The lowest BCUT2D eigenvalue weighted by Gasteiger charge is -2.09. The summed E-state index contributed by atoms with van der Waals surface area (Å²) in [5.41, 5.74) is 1.66. The third-order valence-electron chi connectivity index (χ3n) is 5.06. The molecule has 5 rings (SSSR count). The van der Waals surface area contributed by atoms with E-state index in [1.165, 1.54) is 4.57 Å². The molecule has 1 saturated carbocycles. The Bertz CT molecular complexity index is 1400. The van der Waals surface area contributed by atoms with E-state index in [2.05, 4.69) is 16.4 Å². The zero-order chi connectivity index (χ0) is 20.1. The van der Waals surface area contributed by atoms with Gasteiger partial charge in [-0.3, -0.25) is 4.79 Å². The van der Waals surface area contributed by atoms with Crippen LogP contribution in [0.2, 0.25) is 5.02 Å². The molecule has 1 N–H and O–H groups in total. The van der Waals surface area contributed by atoms with Crippen LogP contribution in [0, 0.1) is 23.2 Å². The molecule has 4 aromatic rings. The standard InChI is InChI=1S/C21H13ClN4O3/c22-16-8-13(26-17-3-1-2-4-18(17)29-21(26)28)5-11-7-19(24-10-15(11)16)25-20(27)14-6-12(14)9-23/h1-5,7-8,10,12,14H,6H2,(H,24,25,27)/t12?,14-/m1/s1. The van der Waals surface area contributed by atoms with E-state index in [1.807, 2.05) is 6.07 Å². The van der Waals surface area contributed by atoms with Gasteiger partial charge in [-0.1, -0.05) is 23.7 Å². The van der Waals surface area contributed by atoms with Crippen molar-refractivity contribution in [1.29, 1.82) is 5.26 Å². The number of oxazole rings is 1. The number of para-hydroxylation sites is 2. The highest BCUT2D eigenvalue weighted by Crippen LogP contribution is 2.38. The molecule has 1 fully saturated rings. The van der Waals surface area contributed by atoms with Crippen molar-refractivity contribution in [3.63, 3.8) is 0 Å². The molecule has 0 radical (unpaired) electrons. The molecule has 2 aromatic carbocycles. The van der Waals surface area contributed by atoms with Crippen molar-refractivity contribution in [2.75, 3.05) is 5.32 Å². The van der Waals surface area contributed by atoms with E-state index in [9.17, 15) is 9.59 Å². The summed E-state index contributed by atoms with van der Waals surface area (Å²) < 4.78 is 6.75. The van der Waals surface area contributed by atoms with Crippen LogP contribution in [0.3, 0.4) is 0 Å². The van der Waals surface area contributed by atoms with Crippen LogP contribution in [0.5, 0.6) is 0 Å². The van der Waals surface area contributed by atoms with Crippen LogP contribution in [0.4, 0.5) is 5.82 Å². The number of hydrogen-bond acceptors (Lipinski definition) is 5. The first-order valence-electron chi connectivity index (χ1n) is 8.96. The highest BCUT2D eigenvalue weighted by molar-refractivity contribution is 6.35. The van der Waals surface area contributed by atoms with Crippen LogP contribution in [-0.2, 0) is 4.79 Å². The van der Waals surface area contributed by atoms with Crippen molar-refractivity contribution < 1.29 is 9.21 Å². The number of amides is 1. The average molecular weight is 405 g/mol. The summed E-state index contributed by atoms with van der Waals surface area (Å²) in [7, 11) is 0. The molecule has 1 unspecified atom stereocenters. The maximum Gasteiger partial charge on any atom is 0.424 e. The van der Waals surface area contributed by atoms with Crippen LogP contribution < -0.4 is 11.1 Å². The van der Waals surface area contributed by atoms with Crippen molar-refractivity contribution in [2.45, 2.75) is 6.42 Å². The van der Waals surface area contributed by atoms with Gasteiger partial charge in [0, 0.05) is 11.6 Å². The average Bonchev–Trinajstić information content (AvgIpc) is 3.42. The van der Waals surface area contributed by atoms with E-state index in [0.717, 1.165) is 0 Å². The normalized spacial score (nSPS) is 17.9. The molecule has 1 aliphatic carbocycles. The van der Waals surface area contributed by atoms with Crippen LogP contribution in [0.25, 0.3) is 27.6 Å². The van der Waals surface area contributed by atoms with Gasteiger partial charge in [-0.25, -0.2) is 14.3 Å². The molecule has 142 valence electrons. The number of nitrogens with zero attached hydrogens (tertiary/aromatic N) is 3. The number of anilines is 1. The number of nitriles is 1. The number of aromatic nitrogens is 2. The minimum absolute atomic E-state index is 0.220. The Labute approximate surface area is 169 Å². The second kappa shape index (κ2) is 6.47. The molecule has 29 heavy (non-hydrogen) atoms. The van der Waals surface area contributed by atoms with E-state index < -0.39 is 5.76 Å². The van der Waals surface area contributed by atoms with Gasteiger partial charge in [0.25, 0.3) is 0 Å². The van der Waals surface area contributed by atoms with E-state index in [-0.39, 0.29) is 17.7 Å².